The summed E-state index contributed by atoms with van der Waals surface area (Å²) in [5.41, 5.74) is 11.4. The Morgan fingerprint density at radius 2 is 1.00 bits per heavy atom. The van der Waals surface area contributed by atoms with E-state index in [4.69, 9.17) is 8.83 Å². The summed E-state index contributed by atoms with van der Waals surface area (Å²) in [6, 6.07) is 62.4. The van der Waals surface area contributed by atoms with Crippen LogP contribution in [-0.2, 0) is 0 Å². The summed E-state index contributed by atoms with van der Waals surface area (Å²) in [6.45, 7) is 0. The van der Waals surface area contributed by atoms with Crippen LogP contribution in [0.2, 0.25) is 0 Å². The summed E-state index contributed by atoms with van der Waals surface area (Å²) in [6.07, 6.45) is 0. The van der Waals surface area contributed by atoms with Crippen LogP contribution >= 0.6 is 11.3 Å². The van der Waals surface area contributed by atoms with E-state index in [-0.39, 0.29) is 0 Å². The number of hydrogen-bond donors (Lipinski definition) is 0. The number of benzene rings is 8. The zero-order valence-electron chi connectivity index (χ0n) is 27.9. The predicted octanol–water partition coefficient (Wildman–Crippen LogP) is 14.7. The lowest BCUT2D eigenvalue weighted by molar-refractivity contribution is 0.669. The highest BCUT2D eigenvalue weighted by Gasteiger charge is 2.23. The van der Waals surface area contributed by atoms with E-state index in [1.807, 2.05) is 29.5 Å². The quantitative estimate of drug-likeness (QED) is 0.181. The number of furan rings is 2. The topological polar surface area (TPSA) is 29.5 Å². The van der Waals surface area contributed by atoms with Crippen molar-refractivity contribution < 1.29 is 8.83 Å². The van der Waals surface area contributed by atoms with Gasteiger partial charge in [0.1, 0.15) is 22.3 Å². The zero-order valence-corrected chi connectivity index (χ0v) is 28.7. The van der Waals surface area contributed by atoms with Crippen LogP contribution in [0.1, 0.15) is 0 Å². The molecule has 0 unspecified atom stereocenters. The normalized spacial score (nSPS) is 11.8. The highest BCUT2D eigenvalue weighted by Crippen LogP contribution is 2.50. The molecule has 0 radical (unpaired) electrons. The second-order valence-corrected chi connectivity index (χ2v) is 14.3. The molecule has 0 saturated heterocycles. The number of fused-ring (bicyclic) bond motifs is 9. The van der Waals surface area contributed by atoms with Gasteiger partial charge in [0.15, 0.2) is 0 Å². The van der Waals surface area contributed by atoms with Crippen molar-refractivity contribution in [3.8, 4) is 22.3 Å². The average Bonchev–Trinajstić information content (AvgIpc) is 3.90. The Kier molecular flexibility index (Phi) is 6.42. The van der Waals surface area contributed by atoms with Crippen LogP contribution in [0.5, 0.6) is 0 Å². The summed E-state index contributed by atoms with van der Waals surface area (Å²) < 4.78 is 15.5. The van der Waals surface area contributed by atoms with Gasteiger partial charge in [-0.2, -0.15) is 0 Å². The van der Waals surface area contributed by atoms with Crippen LogP contribution in [-0.4, -0.2) is 0 Å². The minimum atomic E-state index is 0.872. The second-order valence-electron chi connectivity index (χ2n) is 13.2. The van der Waals surface area contributed by atoms with Gasteiger partial charge in [0.25, 0.3) is 0 Å². The van der Waals surface area contributed by atoms with Crippen LogP contribution in [0.4, 0.5) is 17.1 Å². The van der Waals surface area contributed by atoms with Gasteiger partial charge < -0.3 is 13.7 Å². The van der Waals surface area contributed by atoms with Gasteiger partial charge in [-0.15, -0.1) is 11.3 Å². The fraction of sp³-hybridized carbons (Fsp3) is 0. The molecule has 0 aliphatic heterocycles. The molecular weight excluding hydrogens is 655 g/mol. The third-order valence-electron chi connectivity index (χ3n) is 10.3. The standard InChI is InChI=1S/C48H29NO2S/c1-2-13-30(14-3-1)49(31-25-26-36-34-17-6-9-22-42(34)50-44(36)29-31)41-28-27-39(48-46(41)40-19-8-11-24-45(40)52-48)33-16-5-4-15-32(33)37-20-12-21-38-35-18-7-10-23-43(35)51-47(37)38/h1-29H. The maximum absolute atomic E-state index is 6.55. The Morgan fingerprint density at radius 3 is 1.83 bits per heavy atom. The molecule has 0 amide bonds. The van der Waals surface area contributed by atoms with Gasteiger partial charge in [-0.05, 0) is 59.7 Å². The summed E-state index contributed by atoms with van der Waals surface area (Å²) in [5.74, 6) is 0. The van der Waals surface area contributed by atoms with E-state index in [0.717, 1.165) is 72.1 Å². The molecule has 0 N–H and O–H groups in total. The molecule has 0 saturated carbocycles. The maximum Gasteiger partial charge on any atom is 0.143 e. The van der Waals surface area contributed by atoms with Crippen LogP contribution in [0.15, 0.2) is 185 Å². The molecule has 0 aliphatic rings. The SMILES string of the molecule is c1ccc(N(c2ccc3c(c2)oc2ccccc23)c2ccc(-c3ccccc3-c3cccc4c3oc3ccccc34)c3sc4ccccc4c23)cc1. The van der Waals surface area contributed by atoms with E-state index >= 15 is 0 Å². The Morgan fingerprint density at radius 1 is 0.385 bits per heavy atom. The third kappa shape index (κ3) is 4.38. The van der Waals surface area contributed by atoms with Crippen LogP contribution in [0, 0.1) is 0 Å². The van der Waals surface area contributed by atoms with Crippen molar-refractivity contribution in [3.05, 3.63) is 176 Å². The van der Waals surface area contributed by atoms with Gasteiger partial charge in [-0.3, -0.25) is 0 Å². The minimum Gasteiger partial charge on any atom is -0.456 e. The van der Waals surface area contributed by atoms with Crippen molar-refractivity contribution in [2.75, 3.05) is 4.90 Å². The van der Waals surface area contributed by atoms with Crippen molar-refractivity contribution in [1.82, 2.24) is 0 Å². The van der Waals surface area contributed by atoms with Crippen molar-refractivity contribution in [2.24, 2.45) is 0 Å². The van der Waals surface area contributed by atoms with E-state index in [9.17, 15) is 0 Å². The van der Waals surface area contributed by atoms with Crippen LogP contribution in [0.25, 0.3) is 86.3 Å². The third-order valence-corrected chi connectivity index (χ3v) is 11.5. The number of thiophene rings is 1. The molecule has 3 heterocycles. The molecule has 244 valence electrons. The lowest BCUT2D eigenvalue weighted by Gasteiger charge is -2.27. The number of rotatable bonds is 5. The summed E-state index contributed by atoms with van der Waals surface area (Å²) in [5, 5.41) is 6.97. The molecule has 52 heavy (non-hydrogen) atoms. The molecule has 0 aliphatic carbocycles. The monoisotopic (exact) mass is 683 g/mol. The largest absolute Gasteiger partial charge is 0.456 e. The van der Waals surface area contributed by atoms with Gasteiger partial charge in [0.05, 0.1) is 5.69 Å². The molecule has 4 heteroatoms. The first-order chi connectivity index (χ1) is 25.8. The van der Waals surface area contributed by atoms with Crippen molar-refractivity contribution in [3.63, 3.8) is 0 Å². The van der Waals surface area contributed by atoms with Gasteiger partial charge >= 0.3 is 0 Å². The van der Waals surface area contributed by atoms with E-state index < -0.39 is 0 Å². The molecular formula is C48H29NO2S. The highest BCUT2D eigenvalue weighted by atomic mass is 32.1. The Bertz CT molecular complexity index is 3150. The number of anilines is 3. The zero-order chi connectivity index (χ0) is 34.2. The summed E-state index contributed by atoms with van der Waals surface area (Å²) in [7, 11) is 0. The highest BCUT2D eigenvalue weighted by molar-refractivity contribution is 7.26. The molecule has 0 bridgehead atoms. The lowest BCUT2D eigenvalue weighted by Crippen LogP contribution is -2.10. The molecule has 11 rings (SSSR count). The first-order valence-electron chi connectivity index (χ1n) is 17.5. The van der Waals surface area contributed by atoms with Crippen LogP contribution < -0.4 is 4.90 Å². The summed E-state index contributed by atoms with van der Waals surface area (Å²) >= 11 is 1.85. The molecule has 0 spiro atoms. The fourth-order valence-corrected chi connectivity index (χ4v) is 9.23. The Balaban J connectivity index is 1.17. The minimum absolute atomic E-state index is 0.872. The molecule has 0 fully saturated rings. The van der Waals surface area contributed by atoms with Crippen LogP contribution in [0.3, 0.4) is 0 Å². The van der Waals surface area contributed by atoms with Crippen molar-refractivity contribution in [2.45, 2.75) is 0 Å². The Hall–Kier alpha value is -6.62. The van der Waals surface area contributed by atoms with Gasteiger partial charge in [0, 0.05) is 70.3 Å². The van der Waals surface area contributed by atoms with E-state index in [1.165, 1.54) is 31.3 Å². The predicted molar refractivity (Wildman–Crippen MR) is 219 cm³/mol. The van der Waals surface area contributed by atoms with Gasteiger partial charge in [-0.25, -0.2) is 0 Å². The lowest BCUT2D eigenvalue weighted by atomic mass is 9.92. The number of hydrogen-bond acceptors (Lipinski definition) is 4. The first-order valence-corrected chi connectivity index (χ1v) is 18.3. The molecule has 11 aromatic rings. The number of para-hydroxylation sites is 4. The van der Waals surface area contributed by atoms with Gasteiger partial charge in [-0.1, -0.05) is 121 Å². The molecule has 8 aromatic carbocycles. The first kappa shape index (κ1) is 29.1. The number of nitrogens with zero attached hydrogens (tertiary/aromatic N) is 1. The second kappa shape index (κ2) is 11.5. The smallest absolute Gasteiger partial charge is 0.143 e. The fourth-order valence-electron chi connectivity index (χ4n) is 7.98. The summed E-state index contributed by atoms with van der Waals surface area (Å²) in [4.78, 5) is 2.37. The average molecular weight is 684 g/mol. The van der Waals surface area contributed by atoms with Crippen molar-refractivity contribution >= 4 is 92.4 Å². The maximum atomic E-state index is 6.55. The molecule has 0 atom stereocenters. The van der Waals surface area contributed by atoms with E-state index in [0.29, 0.717) is 0 Å². The Labute approximate surface area is 303 Å². The van der Waals surface area contributed by atoms with Crippen molar-refractivity contribution in [1.29, 1.82) is 0 Å². The molecule has 3 nitrogen and oxygen atoms in total. The van der Waals surface area contributed by atoms with Gasteiger partial charge in [0.2, 0.25) is 0 Å². The van der Waals surface area contributed by atoms with E-state index in [1.54, 1.807) is 0 Å². The van der Waals surface area contributed by atoms with E-state index in [2.05, 4.69) is 163 Å². The molecule has 3 aromatic heterocycles.